The maximum Gasteiger partial charge on any atom is 0.172 e. The van der Waals surface area contributed by atoms with Gasteiger partial charge in [-0.15, -0.1) is 21.8 Å². The maximum atomic E-state index is 9.81. The number of alkyl halides is 1. The standard InChI is InChI=1S/C11H13ClN4O/c1-11(17)5-3-8(7-9(11)12)14-15-10-4-6-13-16(10)2/h3-7,9,17H,1-2H3. The second kappa shape index (κ2) is 4.43. The molecule has 6 heteroatoms. The van der Waals surface area contributed by atoms with E-state index in [2.05, 4.69) is 15.3 Å². The quantitative estimate of drug-likeness (QED) is 0.649. The number of aromatic nitrogens is 2. The van der Waals surface area contributed by atoms with Crippen molar-refractivity contribution < 1.29 is 5.11 Å². The Morgan fingerprint density at radius 1 is 1.53 bits per heavy atom. The Labute approximate surface area is 104 Å². The highest BCUT2D eigenvalue weighted by atomic mass is 35.5. The third kappa shape index (κ3) is 2.62. The summed E-state index contributed by atoms with van der Waals surface area (Å²) < 4.78 is 1.62. The van der Waals surface area contributed by atoms with Crippen LogP contribution in [0.1, 0.15) is 6.92 Å². The maximum absolute atomic E-state index is 9.81. The number of halogens is 1. The van der Waals surface area contributed by atoms with E-state index < -0.39 is 11.0 Å². The fourth-order valence-corrected chi connectivity index (χ4v) is 1.56. The Morgan fingerprint density at radius 2 is 2.29 bits per heavy atom. The lowest BCUT2D eigenvalue weighted by atomic mass is 9.96. The van der Waals surface area contributed by atoms with E-state index in [0.717, 1.165) is 0 Å². The largest absolute Gasteiger partial charge is 0.384 e. The third-order valence-electron chi connectivity index (χ3n) is 2.53. The molecule has 0 aromatic carbocycles. The Kier molecular flexibility index (Phi) is 3.13. The Morgan fingerprint density at radius 3 is 2.88 bits per heavy atom. The number of hydrogen-bond donors (Lipinski definition) is 1. The summed E-state index contributed by atoms with van der Waals surface area (Å²) in [4.78, 5) is 0. The Balaban J connectivity index is 2.14. The van der Waals surface area contributed by atoms with Crippen molar-refractivity contribution in [3.05, 3.63) is 36.2 Å². The van der Waals surface area contributed by atoms with Crippen LogP contribution < -0.4 is 0 Å². The minimum Gasteiger partial charge on any atom is -0.384 e. The van der Waals surface area contributed by atoms with E-state index in [9.17, 15) is 5.11 Å². The summed E-state index contributed by atoms with van der Waals surface area (Å²) in [5, 5.41) is 21.4. The van der Waals surface area contributed by atoms with Crippen molar-refractivity contribution in [2.45, 2.75) is 17.9 Å². The third-order valence-corrected chi connectivity index (χ3v) is 3.10. The van der Waals surface area contributed by atoms with Gasteiger partial charge in [-0.2, -0.15) is 5.10 Å². The van der Waals surface area contributed by atoms with Crippen molar-refractivity contribution >= 4 is 17.4 Å². The van der Waals surface area contributed by atoms with E-state index in [-0.39, 0.29) is 0 Å². The summed E-state index contributed by atoms with van der Waals surface area (Å²) in [7, 11) is 1.79. The molecule has 1 aliphatic carbocycles. The second-order valence-electron chi connectivity index (χ2n) is 4.07. The van der Waals surface area contributed by atoms with Gasteiger partial charge in [-0.05, 0) is 25.2 Å². The molecule has 0 bridgehead atoms. The molecule has 0 amide bonds. The number of aryl methyl sites for hydroxylation is 1. The first-order chi connectivity index (χ1) is 7.99. The van der Waals surface area contributed by atoms with Gasteiger partial charge in [-0.3, -0.25) is 0 Å². The van der Waals surface area contributed by atoms with Crippen molar-refractivity contribution in [1.82, 2.24) is 9.78 Å². The van der Waals surface area contributed by atoms with E-state index >= 15 is 0 Å². The summed E-state index contributed by atoms with van der Waals surface area (Å²) in [6.45, 7) is 1.65. The molecule has 2 unspecified atom stereocenters. The van der Waals surface area contributed by atoms with Crippen molar-refractivity contribution in [3.8, 4) is 0 Å². The predicted octanol–water partition coefficient (Wildman–Crippen LogP) is 2.32. The molecular weight excluding hydrogens is 240 g/mol. The Hall–Kier alpha value is -1.46. The smallest absolute Gasteiger partial charge is 0.172 e. The molecule has 0 radical (unpaired) electrons. The van der Waals surface area contributed by atoms with Crippen molar-refractivity contribution in [2.24, 2.45) is 17.3 Å². The number of allylic oxidation sites excluding steroid dienone is 1. The molecule has 1 aliphatic rings. The lowest BCUT2D eigenvalue weighted by Crippen LogP contribution is -2.33. The van der Waals surface area contributed by atoms with Crippen LogP contribution in [-0.4, -0.2) is 25.9 Å². The molecule has 0 saturated carbocycles. The van der Waals surface area contributed by atoms with E-state index in [1.807, 2.05) is 0 Å². The molecule has 5 nitrogen and oxygen atoms in total. The fraction of sp³-hybridized carbons (Fsp3) is 0.364. The van der Waals surface area contributed by atoms with Crippen LogP contribution in [0.15, 0.2) is 46.4 Å². The highest BCUT2D eigenvalue weighted by molar-refractivity contribution is 6.23. The zero-order chi connectivity index (χ0) is 12.5. The van der Waals surface area contributed by atoms with Crippen molar-refractivity contribution in [2.75, 3.05) is 0 Å². The second-order valence-corrected chi connectivity index (χ2v) is 4.54. The first-order valence-corrected chi connectivity index (χ1v) is 5.60. The molecule has 2 atom stereocenters. The molecule has 1 heterocycles. The number of hydrogen-bond acceptors (Lipinski definition) is 4. The van der Waals surface area contributed by atoms with Gasteiger partial charge in [0.1, 0.15) is 5.60 Å². The molecule has 0 spiro atoms. The minimum absolute atomic E-state index is 0.506. The molecule has 90 valence electrons. The summed E-state index contributed by atoms with van der Waals surface area (Å²) in [6, 6.07) is 1.75. The molecular formula is C11H13ClN4O. The zero-order valence-electron chi connectivity index (χ0n) is 9.58. The summed E-state index contributed by atoms with van der Waals surface area (Å²) in [5.74, 6) is 0.655. The van der Waals surface area contributed by atoms with E-state index in [1.54, 1.807) is 49.1 Å². The lowest BCUT2D eigenvalue weighted by Gasteiger charge is -2.25. The summed E-state index contributed by atoms with van der Waals surface area (Å²) in [5.41, 5.74) is -0.412. The van der Waals surface area contributed by atoms with Gasteiger partial charge in [-0.1, -0.05) is 0 Å². The highest BCUT2D eigenvalue weighted by Gasteiger charge is 2.28. The molecule has 1 aromatic heterocycles. The van der Waals surface area contributed by atoms with Gasteiger partial charge in [0.2, 0.25) is 0 Å². The first kappa shape index (κ1) is 12.0. The number of azo groups is 1. The van der Waals surface area contributed by atoms with Crippen LogP contribution in [0.5, 0.6) is 0 Å². The van der Waals surface area contributed by atoms with Crippen LogP contribution in [0.4, 0.5) is 5.82 Å². The van der Waals surface area contributed by atoms with E-state index in [1.165, 1.54) is 0 Å². The van der Waals surface area contributed by atoms with Crippen LogP contribution >= 0.6 is 11.6 Å². The van der Waals surface area contributed by atoms with Gasteiger partial charge >= 0.3 is 0 Å². The highest BCUT2D eigenvalue weighted by Crippen LogP contribution is 2.26. The van der Waals surface area contributed by atoms with Gasteiger partial charge in [0.15, 0.2) is 5.82 Å². The van der Waals surface area contributed by atoms with E-state index in [4.69, 9.17) is 11.6 Å². The molecule has 0 saturated heterocycles. The fourth-order valence-electron chi connectivity index (χ4n) is 1.36. The molecule has 0 aliphatic heterocycles. The minimum atomic E-state index is -1.03. The van der Waals surface area contributed by atoms with Gasteiger partial charge in [-0.25, -0.2) is 4.68 Å². The van der Waals surface area contributed by atoms with Gasteiger partial charge in [0, 0.05) is 13.1 Å². The van der Waals surface area contributed by atoms with Crippen LogP contribution in [0.3, 0.4) is 0 Å². The molecule has 1 aromatic rings. The summed E-state index contributed by atoms with van der Waals surface area (Å²) in [6.07, 6.45) is 6.62. The van der Waals surface area contributed by atoms with Gasteiger partial charge < -0.3 is 5.11 Å². The zero-order valence-corrected chi connectivity index (χ0v) is 10.3. The van der Waals surface area contributed by atoms with Gasteiger partial charge in [0.25, 0.3) is 0 Å². The molecule has 2 rings (SSSR count). The average Bonchev–Trinajstić information content (AvgIpc) is 2.66. The monoisotopic (exact) mass is 252 g/mol. The average molecular weight is 253 g/mol. The number of rotatable bonds is 2. The van der Waals surface area contributed by atoms with Crippen LogP contribution in [0.2, 0.25) is 0 Å². The van der Waals surface area contributed by atoms with E-state index in [0.29, 0.717) is 11.5 Å². The number of nitrogens with zero attached hydrogens (tertiary/aromatic N) is 4. The molecule has 1 N–H and O–H groups in total. The Bertz CT molecular complexity index is 501. The lowest BCUT2D eigenvalue weighted by molar-refractivity contribution is 0.117. The van der Waals surface area contributed by atoms with Crippen molar-refractivity contribution in [3.63, 3.8) is 0 Å². The first-order valence-electron chi connectivity index (χ1n) is 5.16. The number of aliphatic hydroxyl groups is 1. The topological polar surface area (TPSA) is 62.8 Å². The van der Waals surface area contributed by atoms with Crippen molar-refractivity contribution in [1.29, 1.82) is 0 Å². The van der Waals surface area contributed by atoms with Crippen LogP contribution in [0, 0.1) is 0 Å². The van der Waals surface area contributed by atoms with Gasteiger partial charge in [0.05, 0.1) is 17.3 Å². The normalized spacial score (nSPS) is 28.7. The van der Waals surface area contributed by atoms with Crippen LogP contribution in [0.25, 0.3) is 0 Å². The molecule has 0 fully saturated rings. The summed E-state index contributed by atoms with van der Waals surface area (Å²) >= 11 is 6.00. The molecule has 17 heavy (non-hydrogen) atoms. The SMILES string of the molecule is Cn1nccc1N=NC1=CC(Cl)C(C)(O)C=C1. The predicted molar refractivity (Wildman–Crippen MR) is 65.2 cm³/mol. The van der Waals surface area contributed by atoms with Crippen LogP contribution in [-0.2, 0) is 7.05 Å².